The van der Waals surface area contributed by atoms with Gasteiger partial charge in [-0.15, -0.1) is 0 Å². The Bertz CT molecular complexity index is 790. The highest BCUT2D eigenvalue weighted by atomic mass is 32.2. The van der Waals surface area contributed by atoms with Crippen molar-refractivity contribution in [3.05, 3.63) is 29.8 Å². The molecule has 1 N–H and O–H groups in total. The maximum Gasteiger partial charge on any atom is 0.228 e. The van der Waals surface area contributed by atoms with Gasteiger partial charge < -0.3 is 10.2 Å². The lowest BCUT2D eigenvalue weighted by atomic mass is 10.1. The predicted molar refractivity (Wildman–Crippen MR) is 95.9 cm³/mol. The number of nitrogens with one attached hydrogen (secondary N) is 1. The molecule has 0 aromatic heterocycles. The Balaban J connectivity index is 1.58. The minimum atomic E-state index is -3.03. The molecule has 1 saturated carbocycles. The van der Waals surface area contributed by atoms with Crippen LogP contribution in [0.5, 0.6) is 0 Å². The maximum atomic E-state index is 12.5. The molecule has 0 radical (unpaired) electrons. The largest absolute Gasteiger partial charge is 0.341 e. The first-order valence-electron chi connectivity index (χ1n) is 8.68. The van der Waals surface area contributed by atoms with Crippen LogP contribution in [0.15, 0.2) is 24.3 Å². The van der Waals surface area contributed by atoms with Crippen LogP contribution < -0.4 is 5.32 Å². The number of aryl methyl sites for hydroxylation is 1. The van der Waals surface area contributed by atoms with Crippen LogP contribution in [0.1, 0.15) is 25.3 Å². The van der Waals surface area contributed by atoms with E-state index in [1.807, 2.05) is 31.2 Å². The lowest BCUT2D eigenvalue weighted by molar-refractivity contribution is -0.134. The van der Waals surface area contributed by atoms with E-state index in [9.17, 15) is 18.0 Å². The molecule has 3 atom stereocenters. The molecule has 1 aliphatic heterocycles. The van der Waals surface area contributed by atoms with Gasteiger partial charge in [0.25, 0.3) is 0 Å². The van der Waals surface area contributed by atoms with E-state index in [0.717, 1.165) is 17.7 Å². The van der Waals surface area contributed by atoms with Crippen LogP contribution in [0.2, 0.25) is 0 Å². The number of hydrogen-bond donors (Lipinski definition) is 1. The molecule has 1 aliphatic carbocycles. The van der Waals surface area contributed by atoms with Crippen molar-refractivity contribution < 1.29 is 18.0 Å². The summed E-state index contributed by atoms with van der Waals surface area (Å²) in [5, 5.41) is 2.92. The first-order chi connectivity index (χ1) is 11.8. The summed E-state index contributed by atoms with van der Waals surface area (Å²) in [6, 6.07) is 7.38. The van der Waals surface area contributed by atoms with Crippen LogP contribution in [0, 0.1) is 11.8 Å². The first kappa shape index (κ1) is 17.9. The highest BCUT2D eigenvalue weighted by Gasteiger charge is 2.50. The van der Waals surface area contributed by atoms with E-state index in [1.54, 1.807) is 7.05 Å². The Morgan fingerprint density at radius 1 is 1.24 bits per heavy atom. The van der Waals surface area contributed by atoms with Gasteiger partial charge in [0, 0.05) is 18.8 Å². The SMILES string of the molecule is CCc1ccccc1NC(=O)C1CC1C(=O)N(C)C1CCS(=O)(=O)C1. The zero-order chi connectivity index (χ0) is 18.2. The molecule has 6 nitrogen and oxygen atoms in total. The average Bonchev–Trinajstić information content (AvgIpc) is 3.31. The van der Waals surface area contributed by atoms with Crippen molar-refractivity contribution in [2.75, 3.05) is 23.9 Å². The molecule has 1 heterocycles. The lowest BCUT2D eigenvalue weighted by Gasteiger charge is -2.23. The number of amides is 2. The van der Waals surface area contributed by atoms with E-state index >= 15 is 0 Å². The molecule has 1 saturated heterocycles. The molecule has 136 valence electrons. The van der Waals surface area contributed by atoms with E-state index < -0.39 is 9.84 Å². The number of carbonyl (C=O) groups excluding carboxylic acids is 2. The summed E-state index contributed by atoms with van der Waals surface area (Å²) in [5.74, 6) is -0.738. The zero-order valence-electron chi connectivity index (χ0n) is 14.6. The Labute approximate surface area is 148 Å². The molecular weight excluding hydrogens is 340 g/mol. The number of benzene rings is 1. The monoisotopic (exact) mass is 364 g/mol. The van der Waals surface area contributed by atoms with Crippen molar-refractivity contribution >= 4 is 27.3 Å². The fourth-order valence-corrected chi connectivity index (χ4v) is 5.23. The van der Waals surface area contributed by atoms with Crippen molar-refractivity contribution in [2.45, 2.75) is 32.2 Å². The second-order valence-electron chi connectivity index (χ2n) is 6.95. The highest BCUT2D eigenvalue weighted by molar-refractivity contribution is 7.91. The molecule has 2 amide bonds. The standard InChI is InChI=1S/C18H24N2O4S/c1-3-12-6-4-5-7-16(12)19-17(21)14-10-15(14)18(22)20(2)13-8-9-25(23,24)11-13/h4-7,13-15H,3,8-11H2,1-2H3,(H,19,21). The van der Waals surface area contributed by atoms with Gasteiger partial charge in [0.15, 0.2) is 9.84 Å². The number of anilines is 1. The van der Waals surface area contributed by atoms with Gasteiger partial charge in [0.2, 0.25) is 11.8 Å². The molecule has 3 rings (SSSR count). The van der Waals surface area contributed by atoms with Gasteiger partial charge in [0.05, 0.1) is 23.3 Å². The minimum absolute atomic E-state index is 0.0305. The Morgan fingerprint density at radius 3 is 2.60 bits per heavy atom. The Hall–Kier alpha value is -1.89. The molecule has 3 unspecified atom stereocenters. The number of sulfone groups is 1. The Kier molecular flexibility index (Phi) is 4.86. The highest BCUT2D eigenvalue weighted by Crippen LogP contribution is 2.41. The average molecular weight is 364 g/mol. The van der Waals surface area contributed by atoms with Crippen LogP contribution in [-0.4, -0.2) is 49.7 Å². The smallest absolute Gasteiger partial charge is 0.228 e. The van der Waals surface area contributed by atoms with E-state index in [0.29, 0.717) is 12.8 Å². The van der Waals surface area contributed by atoms with Crippen LogP contribution in [-0.2, 0) is 25.8 Å². The van der Waals surface area contributed by atoms with Crippen LogP contribution in [0.25, 0.3) is 0 Å². The summed E-state index contributed by atoms with van der Waals surface area (Å²) in [5.41, 5.74) is 1.86. The normalized spacial score (nSPS) is 26.9. The van der Waals surface area contributed by atoms with E-state index in [1.165, 1.54) is 4.90 Å². The van der Waals surface area contributed by atoms with Gasteiger partial charge in [-0.3, -0.25) is 9.59 Å². The number of para-hydroxylation sites is 1. The molecule has 2 fully saturated rings. The Morgan fingerprint density at radius 2 is 1.96 bits per heavy atom. The summed E-state index contributed by atoms with van der Waals surface area (Å²) < 4.78 is 23.2. The van der Waals surface area contributed by atoms with Crippen LogP contribution in [0.4, 0.5) is 5.69 Å². The third-order valence-electron chi connectivity index (χ3n) is 5.20. The van der Waals surface area contributed by atoms with Gasteiger partial charge in [0.1, 0.15) is 0 Å². The number of nitrogens with zero attached hydrogens (tertiary/aromatic N) is 1. The van der Waals surface area contributed by atoms with E-state index in [4.69, 9.17) is 0 Å². The van der Waals surface area contributed by atoms with Crippen molar-refractivity contribution in [2.24, 2.45) is 11.8 Å². The van der Waals surface area contributed by atoms with Crippen LogP contribution >= 0.6 is 0 Å². The molecule has 1 aromatic rings. The summed E-state index contributed by atoms with van der Waals surface area (Å²) in [7, 11) is -1.38. The molecule has 7 heteroatoms. The number of hydrogen-bond acceptors (Lipinski definition) is 4. The van der Waals surface area contributed by atoms with Crippen molar-refractivity contribution in [1.82, 2.24) is 4.90 Å². The molecule has 1 aromatic carbocycles. The molecule has 0 spiro atoms. The second kappa shape index (κ2) is 6.78. The predicted octanol–water partition coefficient (Wildman–Crippen LogP) is 1.47. The van der Waals surface area contributed by atoms with Crippen LogP contribution in [0.3, 0.4) is 0 Å². The van der Waals surface area contributed by atoms with Crippen molar-refractivity contribution in [3.8, 4) is 0 Å². The second-order valence-corrected chi connectivity index (χ2v) is 9.18. The zero-order valence-corrected chi connectivity index (χ0v) is 15.4. The fraction of sp³-hybridized carbons (Fsp3) is 0.556. The fourth-order valence-electron chi connectivity index (χ4n) is 3.46. The quantitative estimate of drug-likeness (QED) is 0.858. The summed E-state index contributed by atoms with van der Waals surface area (Å²) in [4.78, 5) is 26.5. The first-order valence-corrected chi connectivity index (χ1v) is 10.5. The molecule has 25 heavy (non-hydrogen) atoms. The van der Waals surface area contributed by atoms with Gasteiger partial charge in [-0.05, 0) is 30.9 Å². The van der Waals surface area contributed by atoms with Gasteiger partial charge in [-0.2, -0.15) is 0 Å². The van der Waals surface area contributed by atoms with Gasteiger partial charge >= 0.3 is 0 Å². The van der Waals surface area contributed by atoms with Gasteiger partial charge in [-0.1, -0.05) is 25.1 Å². The molecule has 0 bridgehead atoms. The summed E-state index contributed by atoms with van der Waals surface area (Å²) in [6.45, 7) is 2.03. The minimum Gasteiger partial charge on any atom is -0.341 e. The summed E-state index contributed by atoms with van der Waals surface area (Å²) in [6.07, 6.45) is 1.84. The third kappa shape index (κ3) is 3.86. The summed E-state index contributed by atoms with van der Waals surface area (Å²) >= 11 is 0. The van der Waals surface area contributed by atoms with E-state index in [2.05, 4.69) is 5.32 Å². The number of carbonyl (C=O) groups is 2. The molecule has 2 aliphatic rings. The van der Waals surface area contributed by atoms with Gasteiger partial charge in [-0.25, -0.2) is 8.42 Å². The maximum absolute atomic E-state index is 12.5. The third-order valence-corrected chi connectivity index (χ3v) is 6.95. The topological polar surface area (TPSA) is 83.6 Å². The van der Waals surface area contributed by atoms with E-state index in [-0.39, 0.29) is 41.2 Å². The van der Waals surface area contributed by atoms with Crippen molar-refractivity contribution in [3.63, 3.8) is 0 Å². The molecular formula is C18H24N2O4S. The lowest BCUT2D eigenvalue weighted by Crippen LogP contribution is -2.39. The van der Waals surface area contributed by atoms with Crippen molar-refractivity contribution in [1.29, 1.82) is 0 Å². The number of rotatable bonds is 5.